The fraction of sp³-hybridized carbons (Fsp3) is 0.909. The third-order valence-electron chi connectivity index (χ3n) is 2.45. The van der Waals surface area contributed by atoms with Gasteiger partial charge in [0.05, 0.1) is 0 Å². The Kier molecular flexibility index (Phi) is 3.87. The number of piperidine rings is 1. The number of carbonyl (C=O) groups excluding carboxylic acids is 1. The second kappa shape index (κ2) is 4.60. The summed E-state index contributed by atoms with van der Waals surface area (Å²) in [4.78, 5) is 13.5. The predicted molar refractivity (Wildman–Crippen MR) is 61.2 cm³/mol. The molecule has 0 aromatic carbocycles. The van der Waals surface area contributed by atoms with Gasteiger partial charge in [-0.15, -0.1) is 11.6 Å². The number of rotatable bonds is 0. The number of alkyl halides is 1. The minimum Gasteiger partial charge on any atom is -0.444 e. The van der Waals surface area contributed by atoms with Gasteiger partial charge >= 0.3 is 6.09 Å². The Balaban J connectivity index is 2.48. The molecule has 1 saturated heterocycles. The normalized spacial score (nSPS) is 27.7. The van der Waals surface area contributed by atoms with E-state index in [0.717, 1.165) is 6.42 Å². The monoisotopic (exact) mass is 233 g/mol. The standard InChI is InChI=1S/C11H20ClNO2/c1-8-7-13(6-5-9(8)12)10(14)15-11(2,3)4/h8-9H,5-7H2,1-4H3/t8-,9+/m1/s1. The molecule has 15 heavy (non-hydrogen) atoms. The molecule has 0 aromatic rings. The largest absolute Gasteiger partial charge is 0.444 e. The van der Waals surface area contributed by atoms with Crippen molar-refractivity contribution in [3.8, 4) is 0 Å². The Labute approximate surface area is 96.7 Å². The predicted octanol–water partition coefficient (Wildman–Crippen LogP) is 2.87. The molecule has 0 unspecified atom stereocenters. The minimum absolute atomic E-state index is 0.184. The molecule has 0 radical (unpaired) electrons. The van der Waals surface area contributed by atoms with E-state index in [0.29, 0.717) is 19.0 Å². The Morgan fingerprint density at radius 2 is 2.07 bits per heavy atom. The van der Waals surface area contributed by atoms with E-state index in [-0.39, 0.29) is 11.5 Å². The van der Waals surface area contributed by atoms with Gasteiger partial charge in [0.2, 0.25) is 0 Å². The number of hydrogen-bond acceptors (Lipinski definition) is 2. The molecule has 0 saturated carbocycles. The second-order valence-corrected chi connectivity index (χ2v) is 5.77. The van der Waals surface area contributed by atoms with Crippen LogP contribution in [0.25, 0.3) is 0 Å². The van der Waals surface area contributed by atoms with Gasteiger partial charge in [0.25, 0.3) is 0 Å². The van der Waals surface area contributed by atoms with Crippen LogP contribution in [0.3, 0.4) is 0 Å². The fourth-order valence-corrected chi connectivity index (χ4v) is 1.79. The van der Waals surface area contributed by atoms with Crippen LogP contribution in [0.5, 0.6) is 0 Å². The number of nitrogens with zero attached hydrogens (tertiary/aromatic N) is 1. The third kappa shape index (κ3) is 3.90. The maximum Gasteiger partial charge on any atom is 0.410 e. The minimum atomic E-state index is -0.419. The van der Waals surface area contributed by atoms with Crippen molar-refractivity contribution in [2.24, 2.45) is 5.92 Å². The molecule has 1 fully saturated rings. The topological polar surface area (TPSA) is 29.5 Å². The average molecular weight is 234 g/mol. The van der Waals surface area contributed by atoms with Gasteiger partial charge in [-0.3, -0.25) is 0 Å². The Morgan fingerprint density at radius 3 is 2.53 bits per heavy atom. The van der Waals surface area contributed by atoms with E-state index in [1.807, 2.05) is 20.8 Å². The van der Waals surface area contributed by atoms with Gasteiger partial charge in [0, 0.05) is 18.5 Å². The van der Waals surface area contributed by atoms with Crippen LogP contribution in [0, 0.1) is 5.92 Å². The highest BCUT2D eigenvalue weighted by Crippen LogP contribution is 2.23. The van der Waals surface area contributed by atoms with Crippen LogP contribution < -0.4 is 0 Å². The summed E-state index contributed by atoms with van der Waals surface area (Å²) in [5.74, 6) is 0.341. The summed E-state index contributed by atoms with van der Waals surface area (Å²) in [5.41, 5.74) is -0.419. The van der Waals surface area contributed by atoms with E-state index in [9.17, 15) is 4.79 Å². The average Bonchev–Trinajstić information content (AvgIpc) is 2.06. The first-order valence-corrected chi connectivity index (χ1v) is 5.85. The van der Waals surface area contributed by atoms with Crippen LogP contribution in [0.4, 0.5) is 4.79 Å². The SMILES string of the molecule is C[C@@H]1CN(C(=O)OC(C)(C)C)CC[C@@H]1Cl. The Bertz CT molecular complexity index is 237. The van der Waals surface area contributed by atoms with Gasteiger partial charge in [-0.25, -0.2) is 4.79 Å². The van der Waals surface area contributed by atoms with Crippen LogP contribution >= 0.6 is 11.6 Å². The van der Waals surface area contributed by atoms with Gasteiger partial charge in [-0.05, 0) is 33.1 Å². The Hall–Kier alpha value is -0.440. The summed E-state index contributed by atoms with van der Waals surface area (Å²) in [6, 6.07) is 0. The van der Waals surface area contributed by atoms with Crippen molar-refractivity contribution >= 4 is 17.7 Å². The highest BCUT2D eigenvalue weighted by atomic mass is 35.5. The molecule has 3 nitrogen and oxygen atoms in total. The smallest absolute Gasteiger partial charge is 0.410 e. The zero-order chi connectivity index (χ0) is 11.6. The van der Waals surface area contributed by atoms with Gasteiger partial charge in [0.15, 0.2) is 0 Å². The zero-order valence-electron chi connectivity index (χ0n) is 9.92. The molecule has 4 heteroatoms. The van der Waals surface area contributed by atoms with Crippen LogP contribution in [-0.2, 0) is 4.74 Å². The quantitative estimate of drug-likeness (QED) is 0.602. The molecule has 0 aliphatic carbocycles. The summed E-state index contributed by atoms with van der Waals surface area (Å²) in [6.07, 6.45) is 0.625. The molecule has 0 aromatic heterocycles. The lowest BCUT2D eigenvalue weighted by molar-refractivity contribution is 0.0178. The number of amides is 1. The van der Waals surface area contributed by atoms with Crippen molar-refractivity contribution < 1.29 is 9.53 Å². The summed E-state index contributed by atoms with van der Waals surface area (Å²) in [5, 5.41) is 0.184. The first kappa shape index (κ1) is 12.6. The van der Waals surface area contributed by atoms with Crippen molar-refractivity contribution in [3.63, 3.8) is 0 Å². The zero-order valence-corrected chi connectivity index (χ0v) is 10.7. The molecule has 2 atom stereocenters. The molecular formula is C11H20ClNO2. The van der Waals surface area contributed by atoms with Crippen LogP contribution in [-0.4, -0.2) is 35.1 Å². The van der Waals surface area contributed by atoms with E-state index in [4.69, 9.17) is 16.3 Å². The summed E-state index contributed by atoms with van der Waals surface area (Å²) < 4.78 is 5.30. The first-order chi connectivity index (χ1) is 6.79. The molecule has 0 bridgehead atoms. The molecule has 0 spiro atoms. The van der Waals surface area contributed by atoms with Gasteiger partial charge in [-0.1, -0.05) is 6.92 Å². The van der Waals surface area contributed by atoms with Crippen molar-refractivity contribution in [2.75, 3.05) is 13.1 Å². The maximum atomic E-state index is 11.7. The lowest BCUT2D eigenvalue weighted by Crippen LogP contribution is -2.45. The molecule has 1 heterocycles. The number of hydrogen-bond donors (Lipinski definition) is 0. The van der Waals surface area contributed by atoms with Gasteiger partial charge < -0.3 is 9.64 Å². The molecule has 1 aliphatic rings. The molecule has 1 aliphatic heterocycles. The fourth-order valence-electron chi connectivity index (χ4n) is 1.61. The van der Waals surface area contributed by atoms with Crippen LogP contribution in [0.1, 0.15) is 34.1 Å². The first-order valence-electron chi connectivity index (χ1n) is 5.41. The lowest BCUT2D eigenvalue weighted by Gasteiger charge is -2.35. The van der Waals surface area contributed by atoms with E-state index in [1.54, 1.807) is 4.90 Å². The number of halogens is 1. The molecule has 0 N–H and O–H groups in total. The summed E-state index contributed by atoms with van der Waals surface area (Å²) >= 11 is 6.09. The maximum absolute atomic E-state index is 11.7. The van der Waals surface area contributed by atoms with Crippen LogP contribution in [0.15, 0.2) is 0 Å². The van der Waals surface area contributed by atoms with Gasteiger partial charge in [-0.2, -0.15) is 0 Å². The summed E-state index contributed by atoms with van der Waals surface area (Å²) in [6.45, 7) is 9.10. The number of ether oxygens (including phenoxy) is 1. The van der Waals surface area contributed by atoms with E-state index in [2.05, 4.69) is 6.92 Å². The van der Waals surface area contributed by atoms with Crippen LogP contribution in [0.2, 0.25) is 0 Å². The molecular weight excluding hydrogens is 214 g/mol. The second-order valence-electron chi connectivity index (χ2n) is 5.21. The van der Waals surface area contributed by atoms with E-state index in [1.165, 1.54) is 0 Å². The van der Waals surface area contributed by atoms with Crippen molar-refractivity contribution in [1.82, 2.24) is 4.90 Å². The molecule has 1 amide bonds. The number of carbonyl (C=O) groups is 1. The molecule has 1 rings (SSSR count). The van der Waals surface area contributed by atoms with Gasteiger partial charge in [0.1, 0.15) is 5.60 Å². The van der Waals surface area contributed by atoms with Crippen molar-refractivity contribution in [1.29, 1.82) is 0 Å². The van der Waals surface area contributed by atoms with Crippen molar-refractivity contribution in [3.05, 3.63) is 0 Å². The number of likely N-dealkylation sites (tertiary alicyclic amines) is 1. The van der Waals surface area contributed by atoms with E-state index >= 15 is 0 Å². The van der Waals surface area contributed by atoms with E-state index < -0.39 is 5.60 Å². The Morgan fingerprint density at radius 1 is 1.47 bits per heavy atom. The highest BCUT2D eigenvalue weighted by molar-refractivity contribution is 6.20. The highest BCUT2D eigenvalue weighted by Gasteiger charge is 2.29. The summed E-state index contributed by atoms with van der Waals surface area (Å²) in [7, 11) is 0. The lowest BCUT2D eigenvalue weighted by atomic mass is 10.0. The third-order valence-corrected chi connectivity index (χ3v) is 3.10. The van der Waals surface area contributed by atoms with Crippen molar-refractivity contribution in [2.45, 2.75) is 45.1 Å². The molecule has 88 valence electrons.